The summed E-state index contributed by atoms with van der Waals surface area (Å²) < 4.78 is 11.6. The standard InChI is InChI=1S/C16H26N4O2/c1-12(2)11-17-14-10-15(19-13(3)18-14)20-6-4-16(5-7-20)21-8-9-22-16/h10,12H,4-9,11H2,1-3H3,(H,17,18,19). The molecule has 0 aromatic carbocycles. The third-order valence-corrected chi connectivity index (χ3v) is 4.18. The molecule has 122 valence electrons. The highest BCUT2D eigenvalue weighted by Gasteiger charge is 2.40. The van der Waals surface area contributed by atoms with Crippen molar-refractivity contribution in [2.45, 2.75) is 39.4 Å². The molecule has 2 fully saturated rings. The Morgan fingerprint density at radius 3 is 2.55 bits per heavy atom. The molecular formula is C16H26N4O2. The van der Waals surface area contributed by atoms with Gasteiger partial charge in [0.1, 0.15) is 17.5 Å². The Morgan fingerprint density at radius 2 is 1.91 bits per heavy atom. The van der Waals surface area contributed by atoms with E-state index in [1.807, 2.05) is 13.0 Å². The second-order valence-corrected chi connectivity index (χ2v) is 6.53. The number of nitrogens with one attached hydrogen (secondary N) is 1. The highest BCUT2D eigenvalue weighted by Crippen LogP contribution is 2.33. The molecule has 2 saturated heterocycles. The van der Waals surface area contributed by atoms with Gasteiger partial charge in [-0.2, -0.15) is 0 Å². The summed E-state index contributed by atoms with van der Waals surface area (Å²) in [5, 5.41) is 3.39. The van der Waals surface area contributed by atoms with Gasteiger partial charge in [-0.3, -0.25) is 0 Å². The molecule has 6 heteroatoms. The number of nitrogens with zero attached hydrogens (tertiary/aromatic N) is 3. The molecule has 2 aliphatic rings. The van der Waals surface area contributed by atoms with E-state index in [1.54, 1.807) is 0 Å². The van der Waals surface area contributed by atoms with E-state index in [4.69, 9.17) is 9.47 Å². The first-order valence-electron chi connectivity index (χ1n) is 8.19. The number of anilines is 2. The van der Waals surface area contributed by atoms with Gasteiger partial charge in [0, 0.05) is 38.5 Å². The molecule has 0 amide bonds. The maximum absolute atomic E-state index is 5.78. The van der Waals surface area contributed by atoms with Crippen LogP contribution in [-0.4, -0.2) is 48.6 Å². The second-order valence-electron chi connectivity index (χ2n) is 6.53. The second kappa shape index (κ2) is 6.38. The molecule has 2 aliphatic heterocycles. The number of rotatable bonds is 4. The van der Waals surface area contributed by atoms with Crippen molar-refractivity contribution in [3.8, 4) is 0 Å². The first-order valence-corrected chi connectivity index (χ1v) is 8.19. The van der Waals surface area contributed by atoms with Crippen molar-refractivity contribution in [3.63, 3.8) is 0 Å². The van der Waals surface area contributed by atoms with Crippen molar-refractivity contribution in [1.29, 1.82) is 0 Å². The average molecular weight is 306 g/mol. The SMILES string of the molecule is Cc1nc(NCC(C)C)cc(N2CCC3(CC2)OCCO3)n1. The normalized spacial score (nSPS) is 20.8. The maximum Gasteiger partial charge on any atom is 0.171 e. The number of aromatic nitrogens is 2. The van der Waals surface area contributed by atoms with Crippen molar-refractivity contribution in [1.82, 2.24) is 9.97 Å². The third-order valence-electron chi connectivity index (χ3n) is 4.18. The Morgan fingerprint density at radius 1 is 1.23 bits per heavy atom. The van der Waals surface area contributed by atoms with Crippen LogP contribution >= 0.6 is 0 Å². The van der Waals surface area contributed by atoms with E-state index in [0.717, 1.165) is 63.1 Å². The minimum atomic E-state index is -0.336. The Hall–Kier alpha value is -1.40. The van der Waals surface area contributed by atoms with Crippen molar-refractivity contribution in [2.75, 3.05) is 43.1 Å². The summed E-state index contributed by atoms with van der Waals surface area (Å²) >= 11 is 0. The highest BCUT2D eigenvalue weighted by atomic mass is 16.7. The average Bonchev–Trinajstić information content (AvgIpc) is 2.93. The lowest BCUT2D eigenvalue weighted by Gasteiger charge is -2.38. The van der Waals surface area contributed by atoms with E-state index in [9.17, 15) is 0 Å². The minimum absolute atomic E-state index is 0.336. The lowest BCUT2D eigenvalue weighted by atomic mass is 10.0. The molecule has 0 atom stereocenters. The van der Waals surface area contributed by atoms with E-state index in [1.165, 1.54) is 0 Å². The number of piperidine rings is 1. The monoisotopic (exact) mass is 306 g/mol. The summed E-state index contributed by atoms with van der Waals surface area (Å²) in [6, 6.07) is 2.05. The Kier molecular flexibility index (Phi) is 4.49. The molecule has 22 heavy (non-hydrogen) atoms. The molecule has 1 spiro atoms. The van der Waals surface area contributed by atoms with Crippen LogP contribution in [0.25, 0.3) is 0 Å². The fourth-order valence-corrected chi connectivity index (χ4v) is 2.98. The Bertz CT molecular complexity index is 505. The fourth-order valence-electron chi connectivity index (χ4n) is 2.98. The van der Waals surface area contributed by atoms with Crippen LogP contribution in [0.1, 0.15) is 32.5 Å². The van der Waals surface area contributed by atoms with Crippen LogP contribution in [0.15, 0.2) is 6.07 Å². The lowest BCUT2D eigenvalue weighted by molar-refractivity contribution is -0.169. The largest absolute Gasteiger partial charge is 0.370 e. The van der Waals surface area contributed by atoms with E-state index in [0.29, 0.717) is 5.92 Å². The molecule has 0 saturated carbocycles. The summed E-state index contributed by atoms with van der Waals surface area (Å²) in [6.07, 6.45) is 1.79. The molecular weight excluding hydrogens is 280 g/mol. The van der Waals surface area contributed by atoms with Crippen LogP contribution in [0.2, 0.25) is 0 Å². The predicted molar refractivity (Wildman–Crippen MR) is 86.2 cm³/mol. The fraction of sp³-hybridized carbons (Fsp3) is 0.750. The summed E-state index contributed by atoms with van der Waals surface area (Å²) in [5.41, 5.74) is 0. The highest BCUT2D eigenvalue weighted by molar-refractivity contribution is 5.49. The van der Waals surface area contributed by atoms with Gasteiger partial charge in [-0.15, -0.1) is 0 Å². The molecule has 1 N–H and O–H groups in total. The molecule has 0 radical (unpaired) electrons. The minimum Gasteiger partial charge on any atom is -0.370 e. The van der Waals surface area contributed by atoms with E-state index in [-0.39, 0.29) is 5.79 Å². The van der Waals surface area contributed by atoms with Gasteiger partial charge >= 0.3 is 0 Å². The molecule has 6 nitrogen and oxygen atoms in total. The molecule has 1 aromatic heterocycles. The number of hydrogen-bond acceptors (Lipinski definition) is 6. The van der Waals surface area contributed by atoms with Crippen molar-refractivity contribution in [2.24, 2.45) is 5.92 Å². The van der Waals surface area contributed by atoms with E-state index in [2.05, 4.69) is 34.0 Å². The van der Waals surface area contributed by atoms with Gasteiger partial charge in [0.15, 0.2) is 5.79 Å². The quantitative estimate of drug-likeness (QED) is 0.920. The predicted octanol–water partition coefficient (Wildman–Crippen LogP) is 2.20. The van der Waals surface area contributed by atoms with Gasteiger partial charge in [0.2, 0.25) is 0 Å². The van der Waals surface area contributed by atoms with Gasteiger partial charge in [0.05, 0.1) is 13.2 Å². The molecule has 0 bridgehead atoms. The number of ether oxygens (including phenoxy) is 2. The first-order chi connectivity index (χ1) is 10.6. The summed E-state index contributed by atoms with van der Waals surface area (Å²) in [6.45, 7) is 10.5. The first kappa shape index (κ1) is 15.5. The van der Waals surface area contributed by atoms with Crippen LogP contribution in [0, 0.1) is 12.8 Å². The zero-order valence-corrected chi connectivity index (χ0v) is 13.8. The lowest BCUT2D eigenvalue weighted by Crippen LogP contribution is -2.45. The number of aryl methyl sites for hydroxylation is 1. The summed E-state index contributed by atoms with van der Waals surface area (Å²) in [7, 11) is 0. The Balaban J connectivity index is 1.67. The van der Waals surface area contributed by atoms with Crippen LogP contribution in [0.3, 0.4) is 0 Å². The van der Waals surface area contributed by atoms with Crippen molar-refractivity contribution in [3.05, 3.63) is 11.9 Å². The van der Waals surface area contributed by atoms with Crippen molar-refractivity contribution >= 4 is 11.6 Å². The van der Waals surface area contributed by atoms with Crippen LogP contribution in [0.5, 0.6) is 0 Å². The van der Waals surface area contributed by atoms with Gasteiger partial charge in [-0.25, -0.2) is 9.97 Å². The zero-order chi connectivity index (χ0) is 15.6. The van der Waals surface area contributed by atoms with Crippen LogP contribution in [-0.2, 0) is 9.47 Å². The molecule has 0 aliphatic carbocycles. The van der Waals surface area contributed by atoms with Crippen LogP contribution in [0.4, 0.5) is 11.6 Å². The summed E-state index contributed by atoms with van der Waals surface area (Å²) in [4.78, 5) is 11.4. The molecule has 3 rings (SSSR count). The summed E-state index contributed by atoms with van der Waals surface area (Å²) in [5.74, 6) is 2.95. The van der Waals surface area contributed by atoms with Gasteiger partial charge in [-0.05, 0) is 12.8 Å². The van der Waals surface area contributed by atoms with E-state index < -0.39 is 0 Å². The molecule has 0 unspecified atom stereocenters. The van der Waals surface area contributed by atoms with Gasteiger partial charge in [0.25, 0.3) is 0 Å². The van der Waals surface area contributed by atoms with E-state index >= 15 is 0 Å². The number of hydrogen-bond donors (Lipinski definition) is 1. The molecule has 1 aromatic rings. The maximum atomic E-state index is 5.78. The molecule has 3 heterocycles. The smallest absolute Gasteiger partial charge is 0.171 e. The van der Waals surface area contributed by atoms with Gasteiger partial charge in [-0.1, -0.05) is 13.8 Å². The van der Waals surface area contributed by atoms with Crippen molar-refractivity contribution < 1.29 is 9.47 Å². The zero-order valence-electron chi connectivity index (χ0n) is 13.8. The Labute approximate surface area is 132 Å². The third kappa shape index (κ3) is 3.50. The topological polar surface area (TPSA) is 59.5 Å². The van der Waals surface area contributed by atoms with Gasteiger partial charge < -0.3 is 19.7 Å². The van der Waals surface area contributed by atoms with Crippen LogP contribution < -0.4 is 10.2 Å².